The van der Waals surface area contributed by atoms with Crippen molar-refractivity contribution in [3.63, 3.8) is 0 Å². The third-order valence-electron chi connectivity index (χ3n) is 3.97. The molecule has 0 aliphatic heterocycles. The summed E-state index contributed by atoms with van der Waals surface area (Å²) < 4.78 is 1.94. The van der Waals surface area contributed by atoms with E-state index in [1.165, 1.54) is 0 Å². The lowest BCUT2D eigenvalue weighted by Crippen LogP contribution is -2.24. The fourth-order valence-electron chi connectivity index (χ4n) is 2.49. The van der Waals surface area contributed by atoms with Gasteiger partial charge in [0, 0.05) is 22.6 Å². The van der Waals surface area contributed by atoms with E-state index in [4.69, 9.17) is 11.6 Å². The summed E-state index contributed by atoms with van der Waals surface area (Å²) in [5, 5.41) is 7.49. The van der Waals surface area contributed by atoms with Gasteiger partial charge in [-0.3, -0.25) is 0 Å². The number of amides is 2. The highest BCUT2D eigenvalue weighted by Crippen LogP contribution is 2.20. The average molecular weight is 367 g/mol. The summed E-state index contributed by atoms with van der Waals surface area (Å²) in [5.74, 6) is 0. The fraction of sp³-hybridized carbons (Fsp3) is 0.100. The van der Waals surface area contributed by atoms with Crippen molar-refractivity contribution >= 4 is 29.5 Å². The number of aromatic nitrogens is 1. The highest BCUT2D eigenvalue weighted by atomic mass is 35.5. The number of nitrogens with one attached hydrogen (secondary N) is 2. The molecule has 0 unspecified atom stereocenters. The monoisotopic (exact) mass is 366 g/mol. The minimum absolute atomic E-state index is 0.396. The molecule has 2 amide bonds. The van der Waals surface area contributed by atoms with Crippen molar-refractivity contribution in [3.8, 4) is 5.69 Å². The zero-order valence-electron chi connectivity index (χ0n) is 14.5. The second-order valence-electron chi connectivity index (χ2n) is 5.88. The van der Waals surface area contributed by atoms with E-state index in [1.807, 2.05) is 79.2 Å². The van der Waals surface area contributed by atoms with Crippen LogP contribution in [0, 0.1) is 13.8 Å². The van der Waals surface area contributed by atoms with Gasteiger partial charge in [-0.25, -0.2) is 10.2 Å². The van der Waals surface area contributed by atoms with Gasteiger partial charge < -0.3 is 9.88 Å². The number of para-hydroxylation sites is 1. The van der Waals surface area contributed by atoms with Crippen molar-refractivity contribution in [1.29, 1.82) is 0 Å². The van der Waals surface area contributed by atoms with E-state index in [2.05, 4.69) is 15.8 Å². The zero-order chi connectivity index (χ0) is 18.5. The van der Waals surface area contributed by atoms with Crippen LogP contribution in [-0.2, 0) is 0 Å². The smallest absolute Gasteiger partial charge is 0.316 e. The SMILES string of the molecule is Cc1ccc(-n2cccc2/C=N/NC(=O)Nc2ccccc2C)cc1Cl. The number of carbonyl (C=O) groups is 1. The summed E-state index contributed by atoms with van der Waals surface area (Å²) in [6, 6.07) is 16.8. The molecule has 0 spiro atoms. The molecular weight excluding hydrogens is 348 g/mol. The minimum Gasteiger partial charge on any atom is -0.316 e. The number of aryl methyl sites for hydroxylation is 2. The first kappa shape index (κ1) is 17.8. The Labute approximate surface area is 157 Å². The van der Waals surface area contributed by atoms with Crippen molar-refractivity contribution < 1.29 is 4.79 Å². The maximum atomic E-state index is 12.0. The Bertz CT molecular complexity index is 962. The maximum absolute atomic E-state index is 12.0. The summed E-state index contributed by atoms with van der Waals surface area (Å²) in [6.45, 7) is 3.89. The fourth-order valence-corrected chi connectivity index (χ4v) is 2.66. The van der Waals surface area contributed by atoms with E-state index in [0.29, 0.717) is 5.02 Å². The Hall–Kier alpha value is -3.05. The molecule has 0 aliphatic rings. The van der Waals surface area contributed by atoms with Gasteiger partial charge in [0.25, 0.3) is 0 Å². The quantitative estimate of drug-likeness (QED) is 0.500. The Morgan fingerprint density at radius 2 is 1.88 bits per heavy atom. The molecule has 1 heterocycles. The van der Waals surface area contributed by atoms with Crippen LogP contribution in [0.1, 0.15) is 16.8 Å². The van der Waals surface area contributed by atoms with Crippen LogP contribution in [0.25, 0.3) is 5.69 Å². The molecule has 0 saturated heterocycles. The highest BCUT2D eigenvalue weighted by Gasteiger charge is 2.05. The van der Waals surface area contributed by atoms with Gasteiger partial charge in [-0.05, 0) is 55.3 Å². The molecule has 2 N–H and O–H groups in total. The summed E-state index contributed by atoms with van der Waals surface area (Å²) in [4.78, 5) is 12.0. The maximum Gasteiger partial charge on any atom is 0.339 e. The second-order valence-corrected chi connectivity index (χ2v) is 6.28. The molecule has 0 bridgehead atoms. The molecule has 0 radical (unpaired) electrons. The number of benzene rings is 2. The molecule has 0 saturated carbocycles. The molecule has 132 valence electrons. The Morgan fingerprint density at radius 1 is 1.08 bits per heavy atom. The Kier molecular flexibility index (Phi) is 5.39. The van der Waals surface area contributed by atoms with Crippen molar-refractivity contribution in [2.75, 3.05) is 5.32 Å². The number of anilines is 1. The first-order valence-electron chi connectivity index (χ1n) is 8.14. The molecule has 0 aliphatic carbocycles. The summed E-state index contributed by atoms with van der Waals surface area (Å²) in [5.41, 5.74) is 6.98. The second kappa shape index (κ2) is 7.89. The van der Waals surface area contributed by atoms with Gasteiger partial charge in [0.15, 0.2) is 0 Å². The molecule has 3 rings (SSSR count). The summed E-state index contributed by atoms with van der Waals surface area (Å²) in [7, 11) is 0. The lowest BCUT2D eigenvalue weighted by molar-refractivity contribution is 0.252. The van der Waals surface area contributed by atoms with Crippen molar-refractivity contribution in [2.24, 2.45) is 5.10 Å². The lowest BCUT2D eigenvalue weighted by Gasteiger charge is -2.08. The first-order chi connectivity index (χ1) is 12.5. The standard InChI is InChI=1S/C20H19ClN4O/c1-14-9-10-16(12-18(14)21)25-11-5-7-17(25)13-22-24-20(26)23-19-8-4-3-6-15(19)2/h3-13H,1-2H3,(H2,23,24,26)/b22-13+. The molecule has 2 aromatic carbocycles. The Morgan fingerprint density at radius 3 is 2.65 bits per heavy atom. The van der Waals surface area contributed by atoms with Crippen LogP contribution in [0.5, 0.6) is 0 Å². The number of carbonyl (C=O) groups excluding carboxylic acids is 1. The lowest BCUT2D eigenvalue weighted by atomic mass is 10.2. The van der Waals surface area contributed by atoms with E-state index in [9.17, 15) is 4.79 Å². The number of urea groups is 1. The van der Waals surface area contributed by atoms with Crippen LogP contribution in [0.4, 0.5) is 10.5 Å². The number of hydrogen-bond acceptors (Lipinski definition) is 2. The van der Waals surface area contributed by atoms with Gasteiger partial charge in [-0.15, -0.1) is 0 Å². The van der Waals surface area contributed by atoms with Gasteiger partial charge in [-0.2, -0.15) is 5.10 Å². The topological polar surface area (TPSA) is 58.4 Å². The zero-order valence-corrected chi connectivity index (χ0v) is 15.3. The van der Waals surface area contributed by atoms with Crippen LogP contribution in [0.3, 0.4) is 0 Å². The van der Waals surface area contributed by atoms with Gasteiger partial charge in [0.05, 0.1) is 11.9 Å². The summed E-state index contributed by atoms with van der Waals surface area (Å²) in [6.07, 6.45) is 3.50. The molecule has 0 fully saturated rings. The van der Waals surface area contributed by atoms with Gasteiger partial charge >= 0.3 is 6.03 Å². The Balaban J connectivity index is 1.68. The minimum atomic E-state index is -0.396. The van der Waals surface area contributed by atoms with Crippen LogP contribution in [-0.4, -0.2) is 16.8 Å². The van der Waals surface area contributed by atoms with Gasteiger partial charge in [0.1, 0.15) is 0 Å². The predicted molar refractivity (Wildman–Crippen MR) is 106 cm³/mol. The number of hydrazone groups is 1. The van der Waals surface area contributed by atoms with E-state index in [-0.39, 0.29) is 0 Å². The molecule has 0 atom stereocenters. The normalized spacial score (nSPS) is 10.9. The van der Waals surface area contributed by atoms with Gasteiger partial charge in [-0.1, -0.05) is 35.9 Å². The van der Waals surface area contributed by atoms with Crippen LogP contribution >= 0.6 is 11.6 Å². The third-order valence-corrected chi connectivity index (χ3v) is 4.38. The molecule has 26 heavy (non-hydrogen) atoms. The van der Waals surface area contributed by atoms with Gasteiger partial charge in [0.2, 0.25) is 0 Å². The molecule has 1 aromatic heterocycles. The molecule has 5 nitrogen and oxygen atoms in total. The average Bonchev–Trinajstić information content (AvgIpc) is 3.08. The van der Waals surface area contributed by atoms with E-state index in [1.54, 1.807) is 6.21 Å². The number of rotatable bonds is 4. The number of nitrogens with zero attached hydrogens (tertiary/aromatic N) is 2. The van der Waals surface area contributed by atoms with Crippen LogP contribution in [0.2, 0.25) is 5.02 Å². The number of halogens is 1. The highest BCUT2D eigenvalue weighted by molar-refractivity contribution is 6.31. The molecular formula is C20H19ClN4O. The van der Waals surface area contributed by atoms with Crippen molar-refractivity contribution in [3.05, 3.63) is 82.6 Å². The van der Waals surface area contributed by atoms with Crippen molar-refractivity contribution in [1.82, 2.24) is 9.99 Å². The van der Waals surface area contributed by atoms with Crippen molar-refractivity contribution in [2.45, 2.75) is 13.8 Å². The largest absolute Gasteiger partial charge is 0.339 e. The number of hydrogen-bond donors (Lipinski definition) is 2. The summed E-state index contributed by atoms with van der Waals surface area (Å²) >= 11 is 6.21. The third kappa shape index (κ3) is 4.13. The van der Waals surface area contributed by atoms with E-state index < -0.39 is 6.03 Å². The van der Waals surface area contributed by atoms with Crippen LogP contribution < -0.4 is 10.7 Å². The predicted octanol–water partition coefficient (Wildman–Crippen LogP) is 4.90. The first-order valence-corrected chi connectivity index (χ1v) is 8.52. The molecule has 6 heteroatoms. The van der Waals surface area contributed by atoms with E-state index in [0.717, 1.165) is 28.2 Å². The van der Waals surface area contributed by atoms with Crippen LogP contribution in [0.15, 0.2) is 65.9 Å². The molecule has 3 aromatic rings. The van der Waals surface area contributed by atoms with E-state index >= 15 is 0 Å².